The van der Waals surface area contributed by atoms with Gasteiger partial charge in [-0.25, -0.2) is 13.4 Å². The minimum atomic E-state index is -3.86. The highest BCUT2D eigenvalue weighted by Crippen LogP contribution is 2.42. The van der Waals surface area contributed by atoms with Crippen LogP contribution < -0.4 is 4.74 Å². The van der Waals surface area contributed by atoms with E-state index in [2.05, 4.69) is 25.8 Å². The standard InChI is InChI=1S/C35H49N5O5S/c1-23-20-26(45-8)21-24(2)31(23)46(43,44)38(7)25(3)32-36-28-11-9-10-27(30(28)37-32)33(42)40-18-14-35(15-19-40)12-16-39(17-13-35)29(41)22-34(4,5)6/h9-11,20-21,25H,12-19,22H2,1-8H3,(H,36,37). The molecule has 1 atom stereocenters. The summed E-state index contributed by atoms with van der Waals surface area (Å²) >= 11 is 0. The third-order valence-corrected chi connectivity index (χ3v) is 12.2. The number of carbonyl (C=O) groups is 2. The fourth-order valence-electron chi connectivity index (χ4n) is 7.04. The van der Waals surface area contributed by atoms with E-state index in [-0.39, 0.29) is 27.5 Å². The van der Waals surface area contributed by atoms with Gasteiger partial charge >= 0.3 is 0 Å². The molecule has 3 heterocycles. The van der Waals surface area contributed by atoms with Crippen LogP contribution in [-0.2, 0) is 14.8 Å². The van der Waals surface area contributed by atoms with Crippen LogP contribution in [0.5, 0.6) is 5.75 Å². The summed E-state index contributed by atoms with van der Waals surface area (Å²) in [6.45, 7) is 14.5. The number of para-hydroxylation sites is 1. The molecule has 2 fully saturated rings. The van der Waals surface area contributed by atoms with Gasteiger partial charge in [0.05, 0.1) is 34.6 Å². The fraction of sp³-hybridized carbons (Fsp3) is 0.571. The van der Waals surface area contributed by atoms with Crippen molar-refractivity contribution in [3.8, 4) is 5.75 Å². The van der Waals surface area contributed by atoms with Crippen molar-refractivity contribution in [3.63, 3.8) is 0 Å². The van der Waals surface area contributed by atoms with E-state index in [0.29, 0.717) is 58.8 Å². The number of benzene rings is 2. The van der Waals surface area contributed by atoms with Crippen molar-refractivity contribution >= 4 is 32.9 Å². The van der Waals surface area contributed by atoms with Crippen molar-refractivity contribution in [2.24, 2.45) is 10.8 Å². The highest BCUT2D eigenvalue weighted by atomic mass is 32.2. The number of rotatable bonds is 7. The van der Waals surface area contributed by atoms with Crippen LogP contribution in [-0.4, -0.2) is 84.6 Å². The Morgan fingerprint density at radius 2 is 1.59 bits per heavy atom. The number of nitrogens with one attached hydrogen (secondary N) is 1. The molecule has 0 saturated carbocycles. The number of amides is 2. The van der Waals surface area contributed by atoms with E-state index in [1.54, 1.807) is 47.1 Å². The van der Waals surface area contributed by atoms with E-state index in [1.807, 2.05) is 28.0 Å². The highest BCUT2D eigenvalue weighted by molar-refractivity contribution is 7.89. The molecule has 2 amide bonds. The molecule has 5 rings (SSSR count). The summed E-state index contributed by atoms with van der Waals surface area (Å²) in [5, 5.41) is 0. The Labute approximate surface area is 273 Å². The Balaban J connectivity index is 1.28. The number of hydrogen-bond acceptors (Lipinski definition) is 6. The molecule has 1 unspecified atom stereocenters. The molecular formula is C35H49N5O5S. The lowest BCUT2D eigenvalue weighted by atomic mass is 9.71. The minimum absolute atomic E-state index is 0.0165. The minimum Gasteiger partial charge on any atom is -0.497 e. The number of aryl methyl sites for hydroxylation is 2. The van der Waals surface area contributed by atoms with Crippen LogP contribution in [0.3, 0.4) is 0 Å². The lowest BCUT2D eigenvalue weighted by Gasteiger charge is -2.47. The molecule has 0 radical (unpaired) electrons. The number of imidazole rings is 1. The first-order valence-electron chi connectivity index (χ1n) is 16.2. The first-order chi connectivity index (χ1) is 21.5. The normalized spacial score (nSPS) is 17.9. The number of aromatic nitrogens is 2. The van der Waals surface area contributed by atoms with Crippen LogP contribution in [0, 0.1) is 24.7 Å². The summed E-state index contributed by atoms with van der Waals surface area (Å²) in [6.07, 6.45) is 4.38. The highest BCUT2D eigenvalue weighted by Gasteiger charge is 2.40. The number of nitrogens with zero attached hydrogens (tertiary/aromatic N) is 4. The number of ether oxygens (including phenoxy) is 1. The van der Waals surface area contributed by atoms with Crippen molar-refractivity contribution < 1.29 is 22.7 Å². The summed E-state index contributed by atoms with van der Waals surface area (Å²) in [4.78, 5) is 38.8. The molecule has 250 valence electrons. The number of fused-ring (bicyclic) bond motifs is 1. The maximum absolute atomic E-state index is 13.9. The lowest BCUT2D eigenvalue weighted by molar-refractivity contribution is -0.135. The van der Waals surface area contributed by atoms with E-state index in [1.165, 1.54) is 4.31 Å². The predicted octanol–water partition coefficient (Wildman–Crippen LogP) is 5.85. The first kappa shape index (κ1) is 33.9. The molecule has 1 N–H and O–H groups in total. The number of carbonyl (C=O) groups excluding carboxylic acids is 2. The Morgan fingerprint density at radius 1 is 1.02 bits per heavy atom. The molecule has 2 aromatic carbocycles. The number of hydrogen-bond donors (Lipinski definition) is 1. The Bertz CT molecular complexity index is 1700. The number of sulfonamides is 1. The predicted molar refractivity (Wildman–Crippen MR) is 179 cm³/mol. The van der Waals surface area contributed by atoms with Gasteiger partial charge in [-0.05, 0) is 92.7 Å². The Hall–Kier alpha value is -3.44. The van der Waals surface area contributed by atoms with Crippen molar-refractivity contribution in [1.82, 2.24) is 24.1 Å². The zero-order valence-electron chi connectivity index (χ0n) is 28.6. The van der Waals surface area contributed by atoms with E-state index in [4.69, 9.17) is 9.72 Å². The molecule has 2 saturated heterocycles. The van der Waals surface area contributed by atoms with Gasteiger partial charge in [0.15, 0.2) is 0 Å². The maximum Gasteiger partial charge on any atom is 0.256 e. The third kappa shape index (κ3) is 6.67. The second-order valence-electron chi connectivity index (χ2n) is 14.5. The molecule has 0 bridgehead atoms. The number of piperidine rings is 2. The summed E-state index contributed by atoms with van der Waals surface area (Å²) in [7, 11) is -0.753. The molecule has 1 aromatic heterocycles. The molecule has 10 nitrogen and oxygen atoms in total. The van der Waals surface area contributed by atoms with Crippen LogP contribution in [0.25, 0.3) is 11.0 Å². The van der Waals surface area contributed by atoms with Crippen LogP contribution in [0.4, 0.5) is 0 Å². The smallest absolute Gasteiger partial charge is 0.256 e. The third-order valence-electron chi connectivity index (χ3n) is 9.98. The monoisotopic (exact) mass is 651 g/mol. The number of likely N-dealkylation sites (tertiary alicyclic amines) is 2. The lowest BCUT2D eigenvalue weighted by Crippen LogP contribution is -2.49. The molecular weight excluding hydrogens is 602 g/mol. The molecule has 0 aliphatic carbocycles. The Morgan fingerprint density at radius 3 is 2.13 bits per heavy atom. The van der Waals surface area contributed by atoms with Crippen LogP contribution in [0.2, 0.25) is 0 Å². The second kappa shape index (κ2) is 12.6. The first-order valence-corrected chi connectivity index (χ1v) is 17.7. The summed E-state index contributed by atoms with van der Waals surface area (Å²) in [5.41, 5.74) is 3.15. The van der Waals surface area contributed by atoms with Gasteiger partial charge in [-0.1, -0.05) is 26.8 Å². The number of H-pyrrole nitrogens is 1. The van der Waals surface area contributed by atoms with Gasteiger partial charge in [-0.2, -0.15) is 4.31 Å². The quantitative estimate of drug-likeness (QED) is 0.343. The van der Waals surface area contributed by atoms with Crippen molar-refractivity contribution in [1.29, 1.82) is 0 Å². The molecule has 3 aromatic rings. The van der Waals surface area contributed by atoms with Gasteiger partial charge in [0.1, 0.15) is 11.6 Å². The van der Waals surface area contributed by atoms with Gasteiger partial charge in [0, 0.05) is 39.6 Å². The summed E-state index contributed by atoms with van der Waals surface area (Å²) in [6, 6.07) is 8.30. The maximum atomic E-state index is 13.9. The molecule has 11 heteroatoms. The van der Waals surface area contributed by atoms with Gasteiger partial charge in [0.2, 0.25) is 15.9 Å². The van der Waals surface area contributed by atoms with Crippen molar-refractivity contribution in [3.05, 3.63) is 52.8 Å². The molecule has 2 aliphatic heterocycles. The van der Waals surface area contributed by atoms with Crippen LogP contribution >= 0.6 is 0 Å². The topological polar surface area (TPSA) is 116 Å². The largest absolute Gasteiger partial charge is 0.497 e. The average molecular weight is 652 g/mol. The SMILES string of the molecule is COc1cc(C)c(S(=O)(=O)N(C)C(C)c2nc3cccc(C(=O)N4CCC5(CCN(C(=O)CC(C)(C)C)CC5)CC4)c3[nH]2)c(C)c1. The zero-order valence-corrected chi connectivity index (χ0v) is 29.4. The number of methoxy groups -OCH3 is 1. The van der Waals surface area contributed by atoms with Gasteiger partial charge < -0.3 is 19.5 Å². The molecule has 2 aliphatic rings. The van der Waals surface area contributed by atoms with Crippen LogP contribution in [0.1, 0.15) is 93.2 Å². The van der Waals surface area contributed by atoms with Gasteiger partial charge in [-0.15, -0.1) is 0 Å². The van der Waals surface area contributed by atoms with Gasteiger partial charge in [0.25, 0.3) is 5.91 Å². The van der Waals surface area contributed by atoms with Crippen molar-refractivity contribution in [2.75, 3.05) is 40.3 Å². The fourth-order valence-corrected chi connectivity index (χ4v) is 8.77. The molecule has 1 spiro atoms. The Kier molecular flexibility index (Phi) is 9.31. The van der Waals surface area contributed by atoms with Gasteiger partial charge in [-0.3, -0.25) is 9.59 Å². The van der Waals surface area contributed by atoms with Crippen LogP contribution in [0.15, 0.2) is 35.2 Å². The second-order valence-corrected chi connectivity index (χ2v) is 16.5. The summed E-state index contributed by atoms with van der Waals surface area (Å²) < 4.78 is 34.2. The van der Waals surface area contributed by atoms with E-state index < -0.39 is 16.1 Å². The van der Waals surface area contributed by atoms with E-state index in [0.717, 1.165) is 38.8 Å². The molecule has 46 heavy (non-hydrogen) atoms. The van der Waals surface area contributed by atoms with E-state index in [9.17, 15) is 18.0 Å². The summed E-state index contributed by atoms with van der Waals surface area (Å²) in [5.74, 6) is 1.27. The average Bonchev–Trinajstić information content (AvgIpc) is 3.44. The van der Waals surface area contributed by atoms with Crippen molar-refractivity contribution in [2.45, 2.75) is 84.6 Å². The number of aromatic amines is 1. The van der Waals surface area contributed by atoms with E-state index >= 15 is 0 Å². The zero-order chi connectivity index (χ0) is 33.6.